The molecule has 2 N–H and O–H groups in total. The average molecular weight is 235 g/mol. The van der Waals surface area contributed by atoms with Gasteiger partial charge < -0.3 is 10.1 Å². The first kappa shape index (κ1) is 9.10. The molecule has 3 heterocycles. The molecule has 7 heteroatoms. The number of aromatic nitrogens is 3. The molecule has 3 rings (SSSR count). The number of nitrogens with zero attached hydrogens (tertiary/aromatic N) is 2. The summed E-state index contributed by atoms with van der Waals surface area (Å²) in [4.78, 5) is 15.6. The fourth-order valence-corrected chi connectivity index (χ4v) is 2.46. The Labute approximate surface area is 92.5 Å². The highest BCUT2D eigenvalue weighted by Gasteiger charge is 2.20. The van der Waals surface area contributed by atoms with Crippen molar-refractivity contribution in [1.29, 1.82) is 0 Å². The third-order valence-corrected chi connectivity index (χ3v) is 3.25. The average Bonchev–Trinajstić information content (AvgIpc) is 2.91. The summed E-state index contributed by atoms with van der Waals surface area (Å²) in [5.41, 5.74) is 0.103. The maximum atomic E-state index is 10.8. The lowest BCUT2D eigenvalue weighted by atomic mass is 10.2. The minimum absolute atomic E-state index is 0.163. The predicted octanol–water partition coefficient (Wildman–Crippen LogP) is 1.98. The van der Waals surface area contributed by atoms with Gasteiger partial charge in [0.2, 0.25) is 5.69 Å². The van der Waals surface area contributed by atoms with Crippen LogP contribution in [0.3, 0.4) is 0 Å². The molecule has 0 saturated carbocycles. The molecule has 0 atom stereocenters. The second-order valence-corrected chi connectivity index (χ2v) is 4.19. The van der Waals surface area contributed by atoms with Crippen LogP contribution in [-0.4, -0.2) is 26.4 Å². The lowest BCUT2D eigenvalue weighted by Crippen LogP contribution is -1.98. The topological polar surface area (TPSA) is 92.0 Å². The van der Waals surface area contributed by atoms with Gasteiger partial charge in [0.1, 0.15) is 4.83 Å². The van der Waals surface area contributed by atoms with Crippen LogP contribution in [0.5, 0.6) is 0 Å². The number of carbonyl (C=O) groups is 1. The molecule has 0 unspecified atom stereocenters. The summed E-state index contributed by atoms with van der Waals surface area (Å²) in [6.07, 6.45) is 1.82. The summed E-state index contributed by atoms with van der Waals surface area (Å²) in [6, 6.07) is 3.76. The highest BCUT2D eigenvalue weighted by atomic mass is 32.1. The van der Waals surface area contributed by atoms with Crippen molar-refractivity contribution in [2.75, 3.05) is 0 Å². The lowest BCUT2D eigenvalue weighted by Gasteiger charge is -1.88. The second-order valence-electron chi connectivity index (χ2n) is 3.14. The Morgan fingerprint density at radius 3 is 3.12 bits per heavy atom. The van der Waals surface area contributed by atoms with E-state index in [2.05, 4.69) is 19.9 Å². The molecule has 16 heavy (non-hydrogen) atoms. The summed E-state index contributed by atoms with van der Waals surface area (Å²) < 4.78 is 4.45. The maximum absolute atomic E-state index is 10.8. The van der Waals surface area contributed by atoms with Gasteiger partial charge in [-0.25, -0.2) is 9.42 Å². The zero-order chi connectivity index (χ0) is 11.1. The first-order valence-corrected chi connectivity index (χ1v) is 5.20. The van der Waals surface area contributed by atoms with Gasteiger partial charge in [0.05, 0.1) is 4.88 Å². The van der Waals surface area contributed by atoms with Gasteiger partial charge in [-0.05, 0) is 22.4 Å². The standard InChI is InChI=1S/C9H5N3O3S/c13-9(14)7-6(11-15-12-7)5-3-4-1-2-10-8(4)16-5/h1-3,10H,(H,13,14). The number of fused-ring (bicyclic) bond motifs is 1. The molecular formula is C9H5N3O3S. The monoisotopic (exact) mass is 235 g/mol. The zero-order valence-electron chi connectivity index (χ0n) is 7.80. The number of aromatic amines is 1. The molecule has 0 fully saturated rings. The SMILES string of the molecule is O=C(O)c1nonc1-c1cc2cc[nH]c2s1. The molecule has 3 aromatic rings. The van der Waals surface area contributed by atoms with Gasteiger partial charge in [-0.2, -0.15) is 0 Å². The van der Waals surface area contributed by atoms with Gasteiger partial charge in [-0.15, -0.1) is 11.3 Å². The second kappa shape index (κ2) is 3.17. The van der Waals surface area contributed by atoms with Crippen molar-refractivity contribution in [3.05, 3.63) is 24.0 Å². The number of nitrogens with one attached hydrogen (secondary N) is 1. The highest BCUT2D eigenvalue weighted by Crippen LogP contribution is 2.32. The molecular weight excluding hydrogens is 230 g/mol. The predicted molar refractivity (Wildman–Crippen MR) is 56.4 cm³/mol. The normalized spacial score (nSPS) is 11.0. The Morgan fingerprint density at radius 1 is 1.50 bits per heavy atom. The van der Waals surface area contributed by atoms with Gasteiger partial charge in [0.15, 0.2) is 5.69 Å². The number of H-pyrrole nitrogens is 1. The van der Waals surface area contributed by atoms with Crippen LogP contribution < -0.4 is 0 Å². The van der Waals surface area contributed by atoms with E-state index in [1.807, 2.05) is 18.3 Å². The summed E-state index contributed by atoms with van der Waals surface area (Å²) in [6.45, 7) is 0. The van der Waals surface area contributed by atoms with E-state index in [0.29, 0.717) is 0 Å². The van der Waals surface area contributed by atoms with Gasteiger partial charge in [-0.1, -0.05) is 0 Å². The number of aromatic carboxylic acids is 1. The van der Waals surface area contributed by atoms with Crippen LogP contribution in [0.2, 0.25) is 0 Å². The van der Waals surface area contributed by atoms with E-state index >= 15 is 0 Å². The number of hydrogen-bond donors (Lipinski definition) is 2. The first-order valence-electron chi connectivity index (χ1n) is 4.39. The summed E-state index contributed by atoms with van der Waals surface area (Å²) in [5.74, 6) is -1.15. The minimum atomic E-state index is -1.15. The van der Waals surface area contributed by atoms with E-state index in [1.165, 1.54) is 11.3 Å². The van der Waals surface area contributed by atoms with Gasteiger partial charge in [0.25, 0.3) is 0 Å². The lowest BCUT2D eigenvalue weighted by molar-refractivity contribution is 0.0685. The smallest absolute Gasteiger partial charge is 0.360 e. The Balaban J connectivity index is 2.19. The van der Waals surface area contributed by atoms with Crippen molar-refractivity contribution in [3.8, 4) is 10.6 Å². The van der Waals surface area contributed by atoms with Crippen molar-refractivity contribution < 1.29 is 14.5 Å². The number of rotatable bonds is 2. The molecule has 6 nitrogen and oxygen atoms in total. The van der Waals surface area contributed by atoms with Crippen molar-refractivity contribution in [2.24, 2.45) is 0 Å². The van der Waals surface area contributed by atoms with E-state index in [0.717, 1.165) is 15.1 Å². The van der Waals surface area contributed by atoms with Crippen LogP contribution in [-0.2, 0) is 0 Å². The third-order valence-electron chi connectivity index (χ3n) is 2.16. The van der Waals surface area contributed by atoms with E-state index in [4.69, 9.17) is 5.11 Å². The van der Waals surface area contributed by atoms with E-state index in [-0.39, 0.29) is 11.4 Å². The molecule has 0 spiro atoms. The molecule has 0 amide bonds. The molecule has 0 aliphatic carbocycles. The van der Waals surface area contributed by atoms with Crippen LogP contribution >= 0.6 is 11.3 Å². The summed E-state index contributed by atoms with van der Waals surface area (Å²) in [7, 11) is 0. The molecule has 0 bridgehead atoms. The minimum Gasteiger partial charge on any atom is -0.476 e. The first-order chi connectivity index (χ1) is 7.75. The van der Waals surface area contributed by atoms with E-state index in [1.54, 1.807) is 0 Å². The number of carboxylic acids is 1. The van der Waals surface area contributed by atoms with E-state index < -0.39 is 5.97 Å². The summed E-state index contributed by atoms with van der Waals surface area (Å²) in [5, 5.41) is 16.9. The van der Waals surface area contributed by atoms with Crippen molar-refractivity contribution in [2.45, 2.75) is 0 Å². The quantitative estimate of drug-likeness (QED) is 0.708. The van der Waals surface area contributed by atoms with Crippen LogP contribution in [0.15, 0.2) is 23.0 Å². The number of hydrogen-bond acceptors (Lipinski definition) is 5. The third kappa shape index (κ3) is 1.22. The summed E-state index contributed by atoms with van der Waals surface area (Å²) >= 11 is 1.41. The molecule has 0 radical (unpaired) electrons. The maximum Gasteiger partial charge on any atom is 0.360 e. The molecule has 0 saturated heterocycles. The molecule has 80 valence electrons. The zero-order valence-corrected chi connectivity index (χ0v) is 8.61. The largest absolute Gasteiger partial charge is 0.476 e. The van der Waals surface area contributed by atoms with Crippen molar-refractivity contribution >= 4 is 27.5 Å². The molecule has 0 aliphatic rings. The Kier molecular flexibility index (Phi) is 1.80. The number of carboxylic acid groups (broad SMARTS) is 1. The fraction of sp³-hybridized carbons (Fsp3) is 0. The van der Waals surface area contributed by atoms with Crippen molar-refractivity contribution in [1.82, 2.24) is 15.3 Å². The fourth-order valence-electron chi connectivity index (χ4n) is 1.46. The van der Waals surface area contributed by atoms with E-state index in [9.17, 15) is 4.79 Å². The van der Waals surface area contributed by atoms with Crippen LogP contribution in [0.25, 0.3) is 20.8 Å². The Hall–Kier alpha value is -2.15. The van der Waals surface area contributed by atoms with Crippen molar-refractivity contribution in [3.63, 3.8) is 0 Å². The van der Waals surface area contributed by atoms with Gasteiger partial charge in [0, 0.05) is 11.6 Å². The van der Waals surface area contributed by atoms with Crippen LogP contribution in [0, 0.1) is 0 Å². The molecule has 0 aromatic carbocycles. The van der Waals surface area contributed by atoms with Gasteiger partial charge >= 0.3 is 5.97 Å². The van der Waals surface area contributed by atoms with Crippen LogP contribution in [0.1, 0.15) is 10.5 Å². The van der Waals surface area contributed by atoms with Crippen LogP contribution in [0.4, 0.5) is 0 Å². The van der Waals surface area contributed by atoms with Gasteiger partial charge in [-0.3, -0.25) is 0 Å². The highest BCUT2D eigenvalue weighted by molar-refractivity contribution is 7.21. The Bertz CT molecular complexity index is 638. The Morgan fingerprint density at radius 2 is 2.38 bits per heavy atom. The molecule has 0 aliphatic heterocycles. The number of thiophene rings is 1. The molecule has 3 aromatic heterocycles.